The third kappa shape index (κ3) is 1.89. The maximum atomic E-state index is 12.8. The average molecular weight is 346 g/mol. The first-order chi connectivity index (χ1) is 11.7. The zero-order chi connectivity index (χ0) is 16.3. The molecule has 0 radical (unpaired) electrons. The molecular weight excluding hydrogens is 328 g/mol. The van der Waals surface area contributed by atoms with E-state index in [4.69, 9.17) is 4.74 Å². The Morgan fingerprint density at radius 1 is 1.46 bits per heavy atom. The summed E-state index contributed by atoms with van der Waals surface area (Å²) in [5.74, 6) is 0.145. The van der Waals surface area contributed by atoms with Crippen molar-refractivity contribution in [3.63, 3.8) is 0 Å². The molecule has 2 atom stereocenters. The quantitative estimate of drug-likeness (QED) is 0.810. The SMILES string of the molecule is O=C(Cc1cn2ccsc2n1)N1CC[C@@]23OCCCN2C(=O)C[C@@H]13. The number of fused-ring (bicyclic) bond motifs is 1. The Bertz CT molecular complexity index is 802. The van der Waals surface area contributed by atoms with Gasteiger partial charge in [0.15, 0.2) is 10.7 Å². The first-order valence-corrected chi connectivity index (χ1v) is 9.20. The molecule has 5 rings (SSSR count). The van der Waals surface area contributed by atoms with Crippen molar-refractivity contribution < 1.29 is 14.3 Å². The van der Waals surface area contributed by atoms with Crippen molar-refractivity contribution in [2.24, 2.45) is 0 Å². The number of thiazole rings is 1. The number of likely N-dealkylation sites (tertiary alicyclic amines) is 1. The van der Waals surface area contributed by atoms with Crippen molar-refractivity contribution in [1.82, 2.24) is 19.2 Å². The van der Waals surface area contributed by atoms with E-state index in [-0.39, 0.29) is 24.3 Å². The number of ether oxygens (including phenoxy) is 1. The van der Waals surface area contributed by atoms with E-state index in [2.05, 4.69) is 4.98 Å². The summed E-state index contributed by atoms with van der Waals surface area (Å²) in [5, 5.41) is 1.97. The Morgan fingerprint density at radius 3 is 3.25 bits per heavy atom. The van der Waals surface area contributed by atoms with Crippen LogP contribution in [0.4, 0.5) is 0 Å². The molecule has 0 aromatic carbocycles. The van der Waals surface area contributed by atoms with E-state index in [1.54, 1.807) is 11.3 Å². The lowest BCUT2D eigenvalue weighted by Crippen LogP contribution is -2.56. The topological polar surface area (TPSA) is 67.2 Å². The molecule has 0 aliphatic carbocycles. The van der Waals surface area contributed by atoms with Crippen LogP contribution in [0.15, 0.2) is 17.8 Å². The van der Waals surface area contributed by atoms with Gasteiger partial charge in [0.2, 0.25) is 11.8 Å². The molecule has 2 amide bonds. The molecule has 8 heteroatoms. The van der Waals surface area contributed by atoms with E-state index in [1.807, 2.05) is 32.0 Å². The van der Waals surface area contributed by atoms with Gasteiger partial charge in [0.1, 0.15) is 0 Å². The molecule has 3 aliphatic rings. The van der Waals surface area contributed by atoms with Gasteiger partial charge in [-0.3, -0.25) is 14.0 Å². The van der Waals surface area contributed by atoms with Crippen LogP contribution in [0, 0.1) is 0 Å². The number of aromatic nitrogens is 2. The molecular formula is C16H18N4O3S. The number of carbonyl (C=O) groups is 2. The molecule has 2 aromatic rings. The van der Waals surface area contributed by atoms with Gasteiger partial charge in [-0.05, 0) is 6.42 Å². The minimum Gasteiger partial charge on any atom is -0.353 e. The third-order valence-corrected chi connectivity index (χ3v) is 6.18. The van der Waals surface area contributed by atoms with Gasteiger partial charge in [0.05, 0.1) is 31.2 Å². The van der Waals surface area contributed by atoms with Crippen LogP contribution < -0.4 is 0 Å². The van der Waals surface area contributed by atoms with Crippen LogP contribution in [-0.2, 0) is 20.7 Å². The van der Waals surface area contributed by atoms with Gasteiger partial charge in [0.25, 0.3) is 0 Å². The Labute approximate surface area is 142 Å². The highest BCUT2D eigenvalue weighted by Gasteiger charge is 2.61. The second kappa shape index (κ2) is 5.03. The maximum Gasteiger partial charge on any atom is 0.229 e. The van der Waals surface area contributed by atoms with Crippen LogP contribution in [0.3, 0.4) is 0 Å². The number of rotatable bonds is 2. The molecule has 3 aliphatic heterocycles. The van der Waals surface area contributed by atoms with E-state index >= 15 is 0 Å². The van der Waals surface area contributed by atoms with Crippen LogP contribution in [-0.4, -0.2) is 62.5 Å². The van der Waals surface area contributed by atoms with Gasteiger partial charge in [0, 0.05) is 37.3 Å². The number of carbonyl (C=O) groups excluding carboxylic acids is 2. The lowest BCUT2D eigenvalue weighted by molar-refractivity contribution is -0.181. The van der Waals surface area contributed by atoms with E-state index in [0.717, 1.165) is 23.6 Å². The molecule has 0 N–H and O–H groups in total. The fourth-order valence-electron chi connectivity index (χ4n) is 4.37. The normalized spacial score (nSPS) is 29.3. The molecule has 126 valence electrons. The zero-order valence-electron chi connectivity index (χ0n) is 13.2. The highest BCUT2D eigenvalue weighted by Crippen LogP contribution is 2.44. The predicted molar refractivity (Wildman–Crippen MR) is 86.5 cm³/mol. The van der Waals surface area contributed by atoms with E-state index in [0.29, 0.717) is 26.0 Å². The number of nitrogens with zero attached hydrogens (tertiary/aromatic N) is 4. The second-order valence-corrected chi connectivity index (χ2v) is 7.52. The molecule has 7 nitrogen and oxygen atoms in total. The summed E-state index contributed by atoms with van der Waals surface area (Å²) in [6.07, 6.45) is 6.08. The number of amides is 2. The monoisotopic (exact) mass is 346 g/mol. The summed E-state index contributed by atoms with van der Waals surface area (Å²) < 4.78 is 7.98. The smallest absolute Gasteiger partial charge is 0.229 e. The maximum absolute atomic E-state index is 12.8. The van der Waals surface area contributed by atoms with Crippen LogP contribution >= 0.6 is 11.3 Å². The van der Waals surface area contributed by atoms with Crippen molar-refractivity contribution in [2.45, 2.75) is 37.5 Å². The molecule has 3 saturated heterocycles. The molecule has 3 fully saturated rings. The Kier molecular flexibility index (Phi) is 3.02. The summed E-state index contributed by atoms with van der Waals surface area (Å²) in [7, 11) is 0. The van der Waals surface area contributed by atoms with Gasteiger partial charge in [-0.1, -0.05) is 0 Å². The number of hydrogen-bond acceptors (Lipinski definition) is 5. The van der Waals surface area contributed by atoms with E-state index < -0.39 is 5.72 Å². The zero-order valence-corrected chi connectivity index (χ0v) is 14.0. The molecule has 0 bridgehead atoms. The fourth-order valence-corrected chi connectivity index (χ4v) is 5.08. The van der Waals surface area contributed by atoms with Gasteiger partial charge < -0.3 is 14.5 Å². The molecule has 2 aromatic heterocycles. The standard InChI is InChI=1S/C16H18N4O3S/c21-13(8-11-10-18-5-7-24-15(18)17-11)19-4-2-16-12(19)9-14(22)20(16)3-1-6-23-16/h5,7,10,12H,1-4,6,8-9H2/t12-,16+/m1/s1. The lowest BCUT2D eigenvalue weighted by Gasteiger charge is -2.42. The summed E-state index contributed by atoms with van der Waals surface area (Å²) in [5.41, 5.74) is 0.207. The summed E-state index contributed by atoms with van der Waals surface area (Å²) >= 11 is 1.55. The van der Waals surface area contributed by atoms with Crippen molar-refractivity contribution in [3.05, 3.63) is 23.5 Å². The third-order valence-electron chi connectivity index (χ3n) is 5.41. The Balaban J connectivity index is 1.38. The molecule has 0 saturated carbocycles. The van der Waals surface area contributed by atoms with Crippen molar-refractivity contribution >= 4 is 28.1 Å². The van der Waals surface area contributed by atoms with E-state index in [9.17, 15) is 9.59 Å². The molecule has 5 heterocycles. The van der Waals surface area contributed by atoms with Gasteiger partial charge in [-0.25, -0.2) is 4.98 Å². The Hall–Kier alpha value is -1.93. The van der Waals surface area contributed by atoms with Crippen molar-refractivity contribution in [1.29, 1.82) is 0 Å². The summed E-state index contributed by atoms with van der Waals surface area (Å²) in [4.78, 5) is 34.2. The molecule has 0 unspecified atom stereocenters. The highest BCUT2D eigenvalue weighted by molar-refractivity contribution is 7.15. The molecule has 24 heavy (non-hydrogen) atoms. The first-order valence-electron chi connectivity index (χ1n) is 8.32. The van der Waals surface area contributed by atoms with E-state index in [1.165, 1.54) is 0 Å². The van der Waals surface area contributed by atoms with Gasteiger partial charge in [-0.15, -0.1) is 11.3 Å². The Morgan fingerprint density at radius 2 is 2.38 bits per heavy atom. The van der Waals surface area contributed by atoms with Gasteiger partial charge >= 0.3 is 0 Å². The summed E-state index contributed by atoms with van der Waals surface area (Å²) in [6, 6.07) is -0.151. The van der Waals surface area contributed by atoms with Crippen molar-refractivity contribution in [3.8, 4) is 0 Å². The summed E-state index contributed by atoms with van der Waals surface area (Å²) in [6.45, 7) is 2.06. The first kappa shape index (κ1) is 14.4. The van der Waals surface area contributed by atoms with Crippen molar-refractivity contribution in [2.75, 3.05) is 19.7 Å². The van der Waals surface area contributed by atoms with Crippen LogP contribution in [0.5, 0.6) is 0 Å². The minimum absolute atomic E-state index is 0.0338. The van der Waals surface area contributed by atoms with Crippen LogP contribution in [0.2, 0.25) is 0 Å². The second-order valence-electron chi connectivity index (χ2n) is 6.65. The number of hydrogen-bond donors (Lipinski definition) is 0. The molecule has 1 spiro atoms. The average Bonchev–Trinajstić information content (AvgIpc) is 3.26. The fraction of sp³-hybridized carbons (Fsp3) is 0.562. The van der Waals surface area contributed by atoms with Crippen LogP contribution in [0.1, 0.15) is 25.0 Å². The lowest BCUT2D eigenvalue weighted by atomic mass is 10.0. The minimum atomic E-state index is -0.570. The van der Waals surface area contributed by atoms with Crippen LogP contribution in [0.25, 0.3) is 4.96 Å². The largest absolute Gasteiger partial charge is 0.353 e. The number of imidazole rings is 1. The van der Waals surface area contributed by atoms with Gasteiger partial charge in [-0.2, -0.15) is 0 Å². The highest BCUT2D eigenvalue weighted by atomic mass is 32.1. The predicted octanol–water partition coefficient (Wildman–Crippen LogP) is 0.888.